The lowest BCUT2D eigenvalue weighted by molar-refractivity contribution is 0.0696. The van der Waals surface area contributed by atoms with E-state index in [0.717, 1.165) is 23.5 Å². The van der Waals surface area contributed by atoms with Gasteiger partial charge in [-0.15, -0.1) is 0 Å². The van der Waals surface area contributed by atoms with Crippen LogP contribution in [0, 0.1) is 12.8 Å². The van der Waals surface area contributed by atoms with E-state index in [1.54, 1.807) is 6.07 Å². The van der Waals surface area contributed by atoms with Gasteiger partial charge in [0.05, 0.1) is 5.56 Å². The monoisotopic (exact) mass is 331 g/mol. The Labute approximate surface area is 141 Å². The van der Waals surface area contributed by atoms with Crippen LogP contribution >= 0.6 is 11.6 Å². The predicted molar refractivity (Wildman–Crippen MR) is 93.1 cm³/mol. The summed E-state index contributed by atoms with van der Waals surface area (Å²) in [5.41, 5.74) is 3.14. The van der Waals surface area contributed by atoms with E-state index in [0.29, 0.717) is 16.5 Å². The van der Waals surface area contributed by atoms with E-state index < -0.39 is 5.97 Å². The Bertz CT molecular complexity index is 714. The molecule has 4 heteroatoms. The highest BCUT2D eigenvalue weighted by Gasteiger charge is 2.21. The van der Waals surface area contributed by atoms with Crippen LogP contribution in [-0.4, -0.2) is 15.6 Å². The Morgan fingerprint density at radius 2 is 2.00 bits per heavy atom. The van der Waals surface area contributed by atoms with Crippen molar-refractivity contribution in [1.82, 2.24) is 4.57 Å². The zero-order valence-electron chi connectivity index (χ0n) is 13.4. The van der Waals surface area contributed by atoms with E-state index in [4.69, 9.17) is 11.6 Å². The molecule has 0 radical (unpaired) electrons. The van der Waals surface area contributed by atoms with E-state index in [-0.39, 0.29) is 0 Å². The molecule has 1 aromatic carbocycles. The number of hydrogen-bond donors (Lipinski definition) is 1. The minimum atomic E-state index is -0.867. The van der Waals surface area contributed by atoms with Crippen molar-refractivity contribution in [1.29, 1.82) is 0 Å². The molecule has 0 amide bonds. The van der Waals surface area contributed by atoms with Gasteiger partial charge < -0.3 is 9.67 Å². The number of carbonyl (C=O) groups is 1. The van der Waals surface area contributed by atoms with Gasteiger partial charge in [0.2, 0.25) is 0 Å². The fraction of sp³-hybridized carbons (Fsp3) is 0.421. The van der Waals surface area contributed by atoms with E-state index >= 15 is 0 Å². The van der Waals surface area contributed by atoms with E-state index in [1.807, 2.05) is 31.2 Å². The number of hydrogen-bond acceptors (Lipinski definition) is 1. The Kier molecular flexibility index (Phi) is 4.76. The molecule has 0 bridgehead atoms. The van der Waals surface area contributed by atoms with Crippen molar-refractivity contribution in [2.45, 2.75) is 45.6 Å². The maximum Gasteiger partial charge on any atom is 0.337 e. The molecule has 0 unspecified atom stereocenters. The lowest BCUT2D eigenvalue weighted by Crippen LogP contribution is -2.16. The lowest BCUT2D eigenvalue weighted by Gasteiger charge is -2.24. The number of benzene rings is 1. The molecule has 1 aromatic heterocycles. The molecule has 0 saturated heterocycles. The SMILES string of the molecule is Cc1c(C(=O)O)cc(-c2cccc(Cl)c2)n1CC1CCCCC1. The van der Waals surface area contributed by atoms with Gasteiger partial charge in [0, 0.05) is 23.0 Å². The molecule has 1 aliphatic rings. The highest BCUT2D eigenvalue weighted by Crippen LogP contribution is 2.32. The predicted octanol–water partition coefficient (Wildman–Crippen LogP) is 5.40. The van der Waals surface area contributed by atoms with Crippen molar-refractivity contribution in [3.05, 3.63) is 46.6 Å². The highest BCUT2D eigenvalue weighted by atomic mass is 35.5. The molecule has 2 aromatic rings. The number of halogens is 1. The zero-order chi connectivity index (χ0) is 16.4. The van der Waals surface area contributed by atoms with Gasteiger partial charge >= 0.3 is 5.97 Å². The first kappa shape index (κ1) is 16.1. The topological polar surface area (TPSA) is 42.2 Å². The van der Waals surface area contributed by atoms with Crippen molar-refractivity contribution < 1.29 is 9.90 Å². The molecule has 23 heavy (non-hydrogen) atoms. The van der Waals surface area contributed by atoms with Gasteiger partial charge in [-0.2, -0.15) is 0 Å². The Morgan fingerprint density at radius 3 is 2.65 bits per heavy atom. The number of aromatic carboxylic acids is 1. The molecule has 1 saturated carbocycles. The van der Waals surface area contributed by atoms with E-state index in [9.17, 15) is 9.90 Å². The maximum atomic E-state index is 11.5. The van der Waals surface area contributed by atoms with E-state index in [1.165, 1.54) is 32.1 Å². The van der Waals surface area contributed by atoms with Crippen LogP contribution in [0.3, 0.4) is 0 Å². The minimum Gasteiger partial charge on any atom is -0.478 e. The molecular formula is C19H22ClNO2. The van der Waals surface area contributed by atoms with Crippen LogP contribution in [0.5, 0.6) is 0 Å². The quantitative estimate of drug-likeness (QED) is 0.815. The second kappa shape index (κ2) is 6.79. The molecule has 1 heterocycles. The summed E-state index contributed by atoms with van der Waals surface area (Å²) in [7, 11) is 0. The third kappa shape index (κ3) is 3.45. The Morgan fingerprint density at radius 1 is 1.26 bits per heavy atom. The molecule has 3 nitrogen and oxygen atoms in total. The first-order valence-corrected chi connectivity index (χ1v) is 8.63. The Hall–Kier alpha value is -1.74. The molecule has 3 rings (SSSR count). The lowest BCUT2D eigenvalue weighted by atomic mass is 9.89. The van der Waals surface area contributed by atoms with Gasteiger partial charge in [0.1, 0.15) is 0 Å². The zero-order valence-corrected chi connectivity index (χ0v) is 14.1. The first-order valence-electron chi connectivity index (χ1n) is 8.25. The van der Waals surface area contributed by atoms with Crippen molar-refractivity contribution in [2.24, 2.45) is 5.92 Å². The fourth-order valence-corrected chi connectivity index (χ4v) is 3.80. The second-order valence-electron chi connectivity index (χ2n) is 6.46. The Balaban J connectivity index is 2.02. The van der Waals surface area contributed by atoms with Crippen LogP contribution in [0.15, 0.2) is 30.3 Å². The fourth-order valence-electron chi connectivity index (χ4n) is 3.61. The summed E-state index contributed by atoms with van der Waals surface area (Å²) in [5, 5.41) is 10.1. The molecule has 1 fully saturated rings. The second-order valence-corrected chi connectivity index (χ2v) is 6.90. The molecule has 1 aliphatic carbocycles. The number of carboxylic acid groups (broad SMARTS) is 1. The average Bonchev–Trinajstić information content (AvgIpc) is 2.86. The van der Waals surface area contributed by atoms with E-state index in [2.05, 4.69) is 4.57 Å². The van der Waals surface area contributed by atoms with Crippen molar-refractivity contribution in [3.8, 4) is 11.3 Å². The van der Waals surface area contributed by atoms with Gasteiger partial charge in [-0.3, -0.25) is 0 Å². The summed E-state index contributed by atoms with van der Waals surface area (Å²) in [6.45, 7) is 2.79. The first-order chi connectivity index (χ1) is 11.1. The minimum absolute atomic E-state index is 0.385. The molecule has 0 atom stereocenters. The third-order valence-corrected chi connectivity index (χ3v) is 5.12. The van der Waals surface area contributed by atoms with Crippen LogP contribution in [0.2, 0.25) is 5.02 Å². The summed E-state index contributed by atoms with van der Waals surface area (Å²) in [5.74, 6) is -0.234. The van der Waals surface area contributed by atoms with Crippen molar-refractivity contribution in [3.63, 3.8) is 0 Å². The van der Waals surface area contributed by atoms with Gasteiger partial charge in [0.15, 0.2) is 0 Å². The molecular weight excluding hydrogens is 310 g/mol. The van der Waals surface area contributed by atoms with Gasteiger partial charge in [-0.05, 0) is 49.4 Å². The van der Waals surface area contributed by atoms with Gasteiger partial charge in [0.25, 0.3) is 0 Å². The summed E-state index contributed by atoms with van der Waals surface area (Å²) >= 11 is 6.12. The van der Waals surface area contributed by atoms with Crippen molar-refractivity contribution in [2.75, 3.05) is 0 Å². The summed E-state index contributed by atoms with van der Waals surface area (Å²) in [4.78, 5) is 11.5. The summed E-state index contributed by atoms with van der Waals surface area (Å²) in [6.07, 6.45) is 6.35. The number of rotatable bonds is 4. The third-order valence-electron chi connectivity index (χ3n) is 4.88. The normalized spacial score (nSPS) is 15.7. The van der Waals surface area contributed by atoms with Crippen LogP contribution in [0.4, 0.5) is 0 Å². The smallest absolute Gasteiger partial charge is 0.337 e. The number of nitrogens with zero attached hydrogens (tertiary/aromatic N) is 1. The largest absolute Gasteiger partial charge is 0.478 e. The molecule has 1 N–H and O–H groups in total. The highest BCUT2D eigenvalue weighted by molar-refractivity contribution is 6.30. The number of aromatic nitrogens is 1. The van der Waals surface area contributed by atoms with Crippen LogP contribution in [0.1, 0.15) is 48.2 Å². The molecule has 0 spiro atoms. The van der Waals surface area contributed by atoms with Crippen LogP contribution in [0.25, 0.3) is 11.3 Å². The standard InChI is InChI=1S/C19H22ClNO2/c1-13-17(19(22)23)11-18(15-8-5-9-16(20)10-15)21(13)12-14-6-3-2-4-7-14/h5,8-11,14H,2-4,6-7,12H2,1H3,(H,22,23). The van der Waals surface area contributed by atoms with Crippen molar-refractivity contribution >= 4 is 17.6 Å². The summed E-state index contributed by atoms with van der Waals surface area (Å²) < 4.78 is 2.17. The average molecular weight is 332 g/mol. The van der Waals surface area contributed by atoms with Crippen LogP contribution in [-0.2, 0) is 6.54 Å². The van der Waals surface area contributed by atoms with Gasteiger partial charge in [-0.25, -0.2) is 4.79 Å². The maximum absolute atomic E-state index is 11.5. The molecule has 122 valence electrons. The number of carboxylic acids is 1. The summed E-state index contributed by atoms with van der Waals surface area (Å²) in [6, 6.07) is 9.42. The van der Waals surface area contributed by atoms with Gasteiger partial charge in [-0.1, -0.05) is 43.0 Å². The van der Waals surface area contributed by atoms with Crippen LogP contribution < -0.4 is 0 Å². The molecule has 0 aliphatic heterocycles.